The maximum Gasteiger partial charge on any atom is 0.323 e. The van der Waals surface area contributed by atoms with Gasteiger partial charge in [-0.1, -0.05) is 0 Å². The monoisotopic (exact) mass is 412 g/mol. The largest absolute Gasteiger partial charge is 0.480 e. The fourth-order valence-electron chi connectivity index (χ4n) is 9.20. The van der Waals surface area contributed by atoms with Crippen molar-refractivity contribution in [3.8, 4) is 6.07 Å². The second kappa shape index (κ2) is 5.77. The molecule has 7 nitrogen and oxygen atoms in total. The molecule has 7 fully saturated rings. The van der Waals surface area contributed by atoms with Crippen molar-refractivity contribution in [2.75, 3.05) is 0 Å². The number of carbonyl (C=O) groups excluding carboxylic acids is 1. The van der Waals surface area contributed by atoms with Crippen LogP contribution in [0.15, 0.2) is 0 Å². The third-order valence-corrected chi connectivity index (χ3v) is 10.2. The Morgan fingerprint density at radius 2 is 1.83 bits per heavy atom. The number of carbonyl (C=O) groups is 2. The Morgan fingerprint density at radius 3 is 2.40 bits per heavy atom. The fourth-order valence-corrected chi connectivity index (χ4v) is 9.20. The van der Waals surface area contributed by atoms with E-state index in [1.165, 1.54) is 6.42 Å². The maximum atomic E-state index is 13.6. The molecule has 1 saturated heterocycles. The van der Waals surface area contributed by atoms with E-state index in [0.29, 0.717) is 24.2 Å². The number of fused-ring (bicyclic) bond motifs is 1. The number of hydrogen-bond acceptors (Lipinski definition) is 5. The Labute approximate surface area is 177 Å². The highest BCUT2D eigenvalue weighted by atomic mass is 16.4. The molecule has 1 amide bonds. The van der Waals surface area contributed by atoms with Gasteiger partial charge in [0.25, 0.3) is 0 Å². The molecule has 7 aliphatic rings. The van der Waals surface area contributed by atoms with Crippen LogP contribution < -0.4 is 11.5 Å². The highest BCUT2D eigenvalue weighted by Gasteiger charge is 2.68. The van der Waals surface area contributed by atoms with Gasteiger partial charge in [0.15, 0.2) is 0 Å². The Balaban J connectivity index is 1.31. The molecule has 0 radical (unpaired) electrons. The van der Waals surface area contributed by atoms with E-state index >= 15 is 0 Å². The van der Waals surface area contributed by atoms with E-state index in [-0.39, 0.29) is 34.7 Å². The standard InChI is InChI=1S/C23H32N4O3/c24-10-15-4-14-5-16(14)27(15)19(28)18(25)22-8-12-3-13(9-22)7-21(6-12,11-22)17-1-2-23(17,26)20(29)30/h12-18H,1-9,11,25-26H2,(H,29,30)/t12-,13?,14?,15-,16?,17?,18+,21?,22?,23?/m0/s1. The van der Waals surface area contributed by atoms with E-state index < -0.39 is 17.6 Å². The zero-order chi connectivity index (χ0) is 21.1. The van der Waals surface area contributed by atoms with Gasteiger partial charge in [-0.25, -0.2) is 0 Å². The van der Waals surface area contributed by atoms with Crippen LogP contribution in [0.3, 0.4) is 0 Å². The maximum absolute atomic E-state index is 13.6. The second-order valence-electron chi connectivity index (χ2n) is 11.8. The number of rotatable bonds is 4. The lowest BCUT2D eigenvalue weighted by atomic mass is 9.37. The van der Waals surface area contributed by atoms with Crippen LogP contribution in [0.2, 0.25) is 0 Å². The SMILES string of the molecule is N#C[C@@H]1CC2CC2N1C(=O)[C@@H](N)C12CC3C[C@@H](CC(C4CCC4(N)C(=O)O)(C3)C1)C2. The Morgan fingerprint density at radius 1 is 1.13 bits per heavy atom. The van der Waals surface area contributed by atoms with Crippen molar-refractivity contribution >= 4 is 11.9 Å². The van der Waals surface area contributed by atoms with Gasteiger partial charge in [0.1, 0.15) is 11.6 Å². The minimum absolute atomic E-state index is 0.0125. The summed E-state index contributed by atoms with van der Waals surface area (Å²) in [7, 11) is 0. The molecular formula is C23H32N4O3. The number of piperidine rings is 1. The summed E-state index contributed by atoms with van der Waals surface area (Å²) >= 11 is 0. The number of hydrogen-bond donors (Lipinski definition) is 3. The molecule has 162 valence electrons. The fraction of sp³-hybridized carbons (Fsp3) is 0.870. The molecule has 5 N–H and O–H groups in total. The van der Waals surface area contributed by atoms with Crippen LogP contribution in [0, 0.1) is 45.8 Å². The number of likely N-dealkylation sites (tertiary alicyclic amines) is 1. The van der Waals surface area contributed by atoms with Gasteiger partial charge >= 0.3 is 5.97 Å². The van der Waals surface area contributed by atoms with Crippen molar-refractivity contribution < 1.29 is 14.7 Å². The van der Waals surface area contributed by atoms with Gasteiger partial charge in [0.05, 0.1) is 12.1 Å². The molecule has 4 bridgehead atoms. The third-order valence-electron chi connectivity index (χ3n) is 10.2. The molecular weight excluding hydrogens is 380 g/mol. The normalized spacial score (nSPS) is 53.6. The summed E-state index contributed by atoms with van der Waals surface area (Å²) in [6.07, 6.45) is 9.23. The molecule has 30 heavy (non-hydrogen) atoms. The first kappa shape index (κ1) is 19.1. The van der Waals surface area contributed by atoms with E-state index in [1.54, 1.807) is 0 Å². The van der Waals surface area contributed by atoms with Crippen LogP contribution in [-0.2, 0) is 9.59 Å². The second-order valence-corrected chi connectivity index (χ2v) is 11.8. The molecule has 1 aliphatic heterocycles. The molecule has 6 aliphatic carbocycles. The minimum atomic E-state index is -1.12. The minimum Gasteiger partial charge on any atom is -0.480 e. The molecule has 7 rings (SSSR count). The first-order valence-corrected chi connectivity index (χ1v) is 11.7. The van der Waals surface area contributed by atoms with Crippen molar-refractivity contribution in [2.45, 2.75) is 87.9 Å². The number of carboxylic acids is 1. The zero-order valence-electron chi connectivity index (χ0n) is 17.4. The van der Waals surface area contributed by atoms with Crippen LogP contribution in [0.1, 0.15) is 64.2 Å². The van der Waals surface area contributed by atoms with Crippen molar-refractivity contribution in [1.29, 1.82) is 5.26 Å². The smallest absolute Gasteiger partial charge is 0.323 e. The van der Waals surface area contributed by atoms with Gasteiger partial charge in [-0.05, 0) is 98.7 Å². The van der Waals surface area contributed by atoms with E-state index in [1.807, 2.05) is 4.90 Å². The van der Waals surface area contributed by atoms with Crippen LogP contribution in [0.5, 0.6) is 0 Å². The first-order chi connectivity index (χ1) is 14.2. The van der Waals surface area contributed by atoms with Crippen LogP contribution in [-0.4, -0.2) is 45.5 Å². The molecule has 0 aromatic rings. The van der Waals surface area contributed by atoms with Gasteiger partial charge < -0.3 is 21.5 Å². The van der Waals surface area contributed by atoms with Crippen molar-refractivity contribution in [3.05, 3.63) is 0 Å². The number of nitriles is 1. The number of aliphatic carboxylic acids is 1. The van der Waals surface area contributed by atoms with Gasteiger partial charge in [0.2, 0.25) is 5.91 Å². The molecule has 6 saturated carbocycles. The van der Waals surface area contributed by atoms with E-state index in [9.17, 15) is 20.0 Å². The third kappa shape index (κ3) is 2.27. The molecule has 0 aromatic heterocycles. The van der Waals surface area contributed by atoms with Gasteiger partial charge in [-0.2, -0.15) is 5.26 Å². The predicted octanol–water partition coefficient (Wildman–Crippen LogP) is 1.61. The summed E-state index contributed by atoms with van der Waals surface area (Å²) in [4.78, 5) is 27.4. The first-order valence-electron chi connectivity index (χ1n) is 11.7. The Bertz CT molecular complexity index is 853. The Kier molecular flexibility index (Phi) is 3.67. The van der Waals surface area contributed by atoms with E-state index in [0.717, 1.165) is 51.4 Å². The summed E-state index contributed by atoms with van der Waals surface area (Å²) in [5, 5.41) is 19.4. The van der Waals surface area contributed by atoms with Crippen molar-refractivity contribution in [2.24, 2.45) is 46.0 Å². The predicted molar refractivity (Wildman–Crippen MR) is 108 cm³/mol. The van der Waals surface area contributed by atoms with Gasteiger partial charge in [0, 0.05) is 6.04 Å². The lowest BCUT2D eigenvalue weighted by Crippen LogP contribution is -2.71. The van der Waals surface area contributed by atoms with Gasteiger partial charge in [-0.3, -0.25) is 9.59 Å². The number of carboxylic acid groups (broad SMARTS) is 1. The molecule has 0 aromatic carbocycles. The quantitative estimate of drug-likeness (QED) is 0.642. The summed E-state index contributed by atoms with van der Waals surface area (Å²) in [5.74, 6) is 0.594. The number of nitrogens with two attached hydrogens (primary N) is 2. The van der Waals surface area contributed by atoms with Crippen LogP contribution in [0.25, 0.3) is 0 Å². The lowest BCUT2D eigenvalue weighted by molar-refractivity contribution is -0.192. The number of amides is 1. The summed E-state index contributed by atoms with van der Waals surface area (Å²) in [5.41, 5.74) is 11.7. The lowest BCUT2D eigenvalue weighted by Gasteiger charge is -2.68. The van der Waals surface area contributed by atoms with Crippen molar-refractivity contribution in [3.63, 3.8) is 0 Å². The van der Waals surface area contributed by atoms with E-state index in [2.05, 4.69) is 6.07 Å². The molecule has 7 heteroatoms. The summed E-state index contributed by atoms with van der Waals surface area (Å²) < 4.78 is 0. The highest BCUT2D eigenvalue weighted by Crippen LogP contribution is 2.71. The summed E-state index contributed by atoms with van der Waals surface area (Å²) in [6.45, 7) is 0. The van der Waals surface area contributed by atoms with E-state index in [4.69, 9.17) is 11.5 Å². The highest BCUT2D eigenvalue weighted by molar-refractivity contribution is 5.84. The topological polar surface area (TPSA) is 133 Å². The summed E-state index contributed by atoms with van der Waals surface area (Å²) in [6, 6.07) is 1.62. The molecule has 7 unspecified atom stereocenters. The molecule has 10 atom stereocenters. The zero-order valence-corrected chi connectivity index (χ0v) is 17.4. The molecule has 0 spiro atoms. The average Bonchev–Trinajstić information content (AvgIpc) is 3.33. The average molecular weight is 413 g/mol. The van der Waals surface area contributed by atoms with Gasteiger partial charge in [-0.15, -0.1) is 0 Å². The van der Waals surface area contributed by atoms with Crippen LogP contribution >= 0.6 is 0 Å². The van der Waals surface area contributed by atoms with Crippen molar-refractivity contribution in [1.82, 2.24) is 4.90 Å². The molecule has 1 heterocycles. The Hall–Kier alpha value is -1.65. The number of nitrogens with zero attached hydrogens (tertiary/aromatic N) is 2. The van der Waals surface area contributed by atoms with Crippen LogP contribution in [0.4, 0.5) is 0 Å².